The van der Waals surface area contributed by atoms with Gasteiger partial charge in [0.05, 0.1) is 28.3 Å². The van der Waals surface area contributed by atoms with E-state index in [1.807, 2.05) is 18.7 Å². The van der Waals surface area contributed by atoms with Crippen LogP contribution in [0, 0.1) is 5.92 Å². The lowest BCUT2D eigenvalue weighted by Crippen LogP contribution is -2.53. The highest BCUT2D eigenvalue weighted by Gasteiger charge is 2.38. The molecular weight excluding hydrogens is 467 g/mol. The fourth-order valence-electron chi connectivity index (χ4n) is 4.04. The first-order chi connectivity index (χ1) is 15.6. The summed E-state index contributed by atoms with van der Waals surface area (Å²) < 4.78 is 5.36. The Morgan fingerprint density at radius 2 is 1.82 bits per heavy atom. The van der Waals surface area contributed by atoms with Crippen molar-refractivity contribution < 1.29 is 19.1 Å². The molecule has 2 heterocycles. The van der Waals surface area contributed by atoms with E-state index in [0.29, 0.717) is 59.6 Å². The second-order valence-electron chi connectivity index (χ2n) is 8.45. The highest BCUT2D eigenvalue weighted by Crippen LogP contribution is 2.34. The lowest BCUT2D eigenvalue weighted by atomic mass is 9.94. The smallest absolute Gasteiger partial charge is 0.338 e. The lowest BCUT2D eigenvalue weighted by Gasteiger charge is -2.40. The van der Waals surface area contributed by atoms with E-state index in [9.17, 15) is 14.4 Å². The van der Waals surface area contributed by atoms with Gasteiger partial charge in [-0.25, -0.2) is 9.59 Å². The molecule has 8 nitrogen and oxygen atoms in total. The number of carbonyl (C=O) groups is 3. The molecule has 1 aromatic rings. The second-order valence-corrected chi connectivity index (χ2v) is 9.27. The van der Waals surface area contributed by atoms with Crippen molar-refractivity contribution >= 4 is 41.1 Å². The summed E-state index contributed by atoms with van der Waals surface area (Å²) in [6, 6.07) is 3.96. The van der Waals surface area contributed by atoms with Gasteiger partial charge in [-0.05, 0) is 24.6 Å². The molecule has 10 heteroatoms. The number of hydrogen-bond donors (Lipinski definition) is 1. The van der Waals surface area contributed by atoms with Crippen LogP contribution in [0.25, 0.3) is 0 Å². The van der Waals surface area contributed by atoms with Crippen molar-refractivity contribution in [2.45, 2.75) is 26.8 Å². The normalized spacial score (nSPS) is 19.7. The van der Waals surface area contributed by atoms with Gasteiger partial charge in [-0.2, -0.15) is 0 Å². The van der Waals surface area contributed by atoms with E-state index in [4.69, 9.17) is 27.9 Å². The summed E-state index contributed by atoms with van der Waals surface area (Å²) in [6.45, 7) is 8.60. The molecule has 3 rings (SSSR count). The third kappa shape index (κ3) is 5.62. The second kappa shape index (κ2) is 10.8. The minimum Gasteiger partial charge on any atom is -0.463 e. The molecule has 0 spiro atoms. The van der Waals surface area contributed by atoms with E-state index in [0.717, 1.165) is 0 Å². The summed E-state index contributed by atoms with van der Waals surface area (Å²) in [6.07, 6.45) is 0. The number of ether oxygens (including phenoxy) is 1. The van der Waals surface area contributed by atoms with E-state index in [-0.39, 0.29) is 24.5 Å². The summed E-state index contributed by atoms with van der Waals surface area (Å²) in [5, 5.41) is 3.59. The van der Waals surface area contributed by atoms with Crippen LogP contribution in [0.1, 0.15) is 32.4 Å². The molecule has 1 fully saturated rings. The first kappa shape index (κ1) is 25.3. The van der Waals surface area contributed by atoms with Gasteiger partial charge in [0.25, 0.3) is 0 Å². The van der Waals surface area contributed by atoms with Gasteiger partial charge in [-0.1, -0.05) is 43.1 Å². The summed E-state index contributed by atoms with van der Waals surface area (Å²) >= 11 is 12.3. The molecule has 180 valence electrons. The first-order valence-electron chi connectivity index (χ1n) is 11.0. The average molecular weight is 497 g/mol. The fraction of sp³-hybridized carbons (Fsp3) is 0.522. The Labute approximate surface area is 204 Å². The van der Waals surface area contributed by atoms with Crippen LogP contribution in [0.4, 0.5) is 4.79 Å². The van der Waals surface area contributed by atoms with Gasteiger partial charge in [0.2, 0.25) is 5.91 Å². The Hall–Kier alpha value is -2.29. The Balaban J connectivity index is 1.93. The number of urea groups is 1. The van der Waals surface area contributed by atoms with Crippen LogP contribution in [-0.4, -0.2) is 79.0 Å². The van der Waals surface area contributed by atoms with Crippen molar-refractivity contribution in [2.24, 2.45) is 5.92 Å². The Morgan fingerprint density at radius 1 is 1.15 bits per heavy atom. The molecule has 0 radical (unpaired) electrons. The monoisotopic (exact) mass is 496 g/mol. The SMILES string of the molecule is CCOC(=O)C1=C(CN2CCN(C(=O)C(C)C)CC2)N(C)C(=O)NC1c1ccc(Cl)c(Cl)c1. The molecule has 0 aromatic heterocycles. The number of carbonyl (C=O) groups excluding carboxylic acids is 3. The van der Waals surface area contributed by atoms with Crippen LogP contribution in [0.2, 0.25) is 10.0 Å². The zero-order valence-electron chi connectivity index (χ0n) is 19.4. The summed E-state index contributed by atoms with van der Waals surface area (Å²) in [5.74, 6) is -0.409. The van der Waals surface area contributed by atoms with E-state index >= 15 is 0 Å². The number of nitrogens with one attached hydrogen (secondary N) is 1. The van der Waals surface area contributed by atoms with Gasteiger partial charge in [-0.3, -0.25) is 14.6 Å². The fourth-order valence-corrected chi connectivity index (χ4v) is 4.35. The molecular formula is C23H30Cl2N4O4. The van der Waals surface area contributed by atoms with Crippen molar-refractivity contribution in [2.75, 3.05) is 46.4 Å². The number of amides is 3. The minimum atomic E-state index is -0.721. The van der Waals surface area contributed by atoms with Gasteiger partial charge >= 0.3 is 12.0 Å². The number of nitrogens with zero attached hydrogens (tertiary/aromatic N) is 3. The molecule has 2 aliphatic heterocycles. The molecule has 0 bridgehead atoms. The van der Waals surface area contributed by atoms with Crippen molar-refractivity contribution in [3.63, 3.8) is 0 Å². The summed E-state index contributed by atoms with van der Waals surface area (Å²) in [4.78, 5) is 43.6. The van der Waals surface area contributed by atoms with E-state index in [1.54, 1.807) is 32.2 Å². The molecule has 3 amide bonds. The number of esters is 1. The number of piperazine rings is 1. The highest BCUT2D eigenvalue weighted by atomic mass is 35.5. The minimum absolute atomic E-state index is 0.0465. The Kier molecular flexibility index (Phi) is 8.26. The van der Waals surface area contributed by atoms with Gasteiger partial charge in [-0.15, -0.1) is 0 Å². The van der Waals surface area contributed by atoms with Crippen molar-refractivity contribution in [3.8, 4) is 0 Å². The third-order valence-electron chi connectivity index (χ3n) is 5.90. The third-order valence-corrected chi connectivity index (χ3v) is 6.64. The molecule has 2 aliphatic rings. The van der Waals surface area contributed by atoms with Gasteiger partial charge < -0.3 is 15.0 Å². The van der Waals surface area contributed by atoms with Crippen LogP contribution in [0.15, 0.2) is 29.5 Å². The van der Waals surface area contributed by atoms with Gasteiger partial charge in [0.1, 0.15) is 0 Å². The summed E-state index contributed by atoms with van der Waals surface area (Å²) in [5.41, 5.74) is 1.56. The molecule has 1 N–H and O–H groups in total. The first-order valence-corrected chi connectivity index (χ1v) is 11.8. The maximum atomic E-state index is 13.1. The number of halogens is 2. The summed E-state index contributed by atoms with van der Waals surface area (Å²) in [7, 11) is 1.63. The number of benzene rings is 1. The lowest BCUT2D eigenvalue weighted by molar-refractivity contribution is -0.139. The molecule has 1 atom stereocenters. The van der Waals surface area contributed by atoms with Crippen molar-refractivity contribution in [1.29, 1.82) is 0 Å². The Bertz CT molecular complexity index is 958. The quantitative estimate of drug-likeness (QED) is 0.610. The molecule has 1 saturated heterocycles. The van der Waals surface area contributed by atoms with Crippen molar-refractivity contribution in [1.82, 2.24) is 20.0 Å². The average Bonchev–Trinajstić information content (AvgIpc) is 2.78. The molecule has 33 heavy (non-hydrogen) atoms. The van der Waals surface area contributed by atoms with E-state index < -0.39 is 12.0 Å². The van der Waals surface area contributed by atoms with Gasteiger partial charge in [0.15, 0.2) is 0 Å². The number of rotatable bonds is 6. The maximum absolute atomic E-state index is 13.1. The van der Waals surface area contributed by atoms with Crippen LogP contribution in [-0.2, 0) is 14.3 Å². The van der Waals surface area contributed by atoms with Crippen LogP contribution in [0.3, 0.4) is 0 Å². The molecule has 1 aromatic carbocycles. The van der Waals surface area contributed by atoms with E-state index in [1.165, 1.54) is 4.90 Å². The predicted molar refractivity (Wildman–Crippen MR) is 127 cm³/mol. The van der Waals surface area contributed by atoms with Crippen LogP contribution >= 0.6 is 23.2 Å². The topological polar surface area (TPSA) is 82.2 Å². The number of likely N-dealkylation sites (N-methyl/N-ethyl adjacent to an activating group) is 1. The van der Waals surface area contributed by atoms with Crippen molar-refractivity contribution in [3.05, 3.63) is 45.1 Å². The predicted octanol–water partition coefficient (Wildman–Crippen LogP) is 3.31. The molecule has 0 saturated carbocycles. The molecule has 0 aliphatic carbocycles. The van der Waals surface area contributed by atoms with Crippen LogP contribution < -0.4 is 5.32 Å². The zero-order valence-corrected chi connectivity index (χ0v) is 20.9. The molecule has 1 unspecified atom stereocenters. The zero-order chi connectivity index (χ0) is 24.3. The number of hydrogen-bond acceptors (Lipinski definition) is 5. The largest absolute Gasteiger partial charge is 0.463 e. The standard InChI is InChI=1S/C23H30Cl2N4O4/c1-5-33-22(31)19-18(13-28-8-10-29(11-9-28)21(30)14(2)3)27(4)23(32)26-20(19)15-6-7-16(24)17(25)12-15/h6-7,12,14,20H,5,8-11,13H2,1-4H3,(H,26,32). The highest BCUT2D eigenvalue weighted by molar-refractivity contribution is 6.42. The maximum Gasteiger partial charge on any atom is 0.338 e. The van der Waals surface area contributed by atoms with E-state index in [2.05, 4.69) is 10.2 Å². The van der Waals surface area contributed by atoms with Gasteiger partial charge in [0, 0.05) is 51.4 Å². The van der Waals surface area contributed by atoms with Crippen LogP contribution in [0.5, 0.6) is 0 Å². The Morgan fingerprint density at radius 3 is 2.39 bits per heavy atom.